The van der Waals surface area contributed by atoms with Gasteiger partial charge in [0, 0.05) is 39.4 Å². The number of hydrogen-bond donors (Lipinski definition) is 0. The second-order valence-electron chi connectivity index (χ2n) is 7.70. The summed E-state index contributed by atoms with van der Waals surface area (Å²) in [5.41, 5.74) is 1.29. The van der Waals surface area contributed by atoms with Gasteiger partial charge in [-0.05, 0) is 48.9 Å². The molecule has 11 heteroatoms. The summed E-state index contributed by atoms with van der Waals surface area (Å²) in [6, 6.07) is 11.6. The first kappa shape index (κ1) is 27.0. The molecule has 0 fully saturated rings. The maximum atomic E-state index is 13.1. The van der Waals surface area contributed by atoms with Crippen molar-refractivity contribution in [3.8, 4) is 5.75 Å². The zero-order valence-corrected chi connectivity index (χ0v) is 22.0. The van der Waals surface area contributed by atoms with Crippen molar-refractivity contribution in [1.82, 2.24) is 8.87 Å². The molecule has 0 spiro atoms. The minimum absolute atomic E-state index is 0.0938. The van der Waals surface area contributed by atoms with Gasteiger partial charge in [0.2, 0.25) is 10.0 Å². The highest BCUT2D eigenvalue weighted by Crippen LogP contribution is 2.23. The Kier molecular flexibility index (Phi) is 9.58. The van der Waals surface area contributed by atoms with Crippen LogP contribution in [0, 0.1) is 0 Å². The molecule has 0 saturated carbocycles. The summed E-state index contributed by atoms with van der Waals surface area (Å²) in [4.78, 5) is 18.0. The molecule has 0 aliphatic rings. The molecule has 3 rings (SSSR count). The zero-order valence-electron chi connectivity index (χ0n) is 20.4. The molecular weight excluding hydrogens is 490 g/mol. The van der Waals surface area contributed by atoms with Crippen LogP contribution in [0.1, 0.15) is 23.7 Å². The first-order valence-corrected chi connectivity index (χ1v) is 13.5. The van der Waals surface area contributed by atoms with Crippen LogP contribution in [0.3, 0.4) is 0 Å². The van der Waals surface area contributed by atoms with Crippen molar-refractivity contribution in [3.05, 3.63) is 52.8 Å². The fourth-order valence-corrected chi connectivity index (χ4v) is 6.00. The minimum atomic E-state index is -3.77. The standard InChI is InChI=1S/C24H31N3O6S2/c1-5-12-27-21-11-8-19(33-4)17-22(21)34-24(27)25-23(28)18-6-9-20(10-7-18)35(29,30)26(13-15-31-2)14-16-32-3/h6-11,17H,5,12-16H2,1-4H3. The van der Waals surface area contributed by atoms with Gasteiger partial charge in [-0.3, -0.25) is 4.79 Å². The van der Waals surface area contributed by atoms with E-state index >= 15 is 0 Å². The minimum Gasteiger partial charge on any atom is -0.497 e. The Morgan fingerprint density at radius 1 is 1.03 bits per heavy atom. The molecule has 190 valence electrons. The number of rotatable bonds is 12. The van der Waals surface area contributed by atoms with Crippen molar-refractivity contribution in [1.29, 1.82) is 0 Å². The first-order chi connectivity index (χ1) is 16.8. The van der Waals surface area contributed by atoms with E-state index in [0.717, 1.165) is 22.4 Å². The van der Waals surface area contributed by atoms with Gasteiger partial charge in [0.05, 0.1) is 35.4 Å². The topological polar surface area (TPSA) is 99.4 Å². The summed E-state index contributed by atoms with van der Waals surface area (Å²) >= 11 is 1.41. The molecule has 0 radical (unpaired) electrons. The quantitative estimate of drug-likeness (QED) is 0.363. The van der Waals surface area contributed by atoms with E-state index in [-0.39, 0.29) is 31.2 Å². The van der Waals surface area contributed by atoms with Crippen molar-refractivity contribution in [2.75, 3.05) is 47.6 Å². The fourth-order valence-electron chi connectivity index (χ4n) is 3.51. The number of aromatic nitrogens is 1. The lowest BCUT2D eigenvalue weighted by molar-refractivity contribution is 0.0997. The van der Waals surface area contributed by atoms with Crippen LogP contribution in [0.15, 0.2) is 52.4 Å². The van der Waals surface area contributed by atoms with Crippen molar-refractivity contribution in [3.63, 3.8) is 0 Å². The number of benzene rings is 2. The molecule has 0 saturated heterocycles. The lowest BCUT2D eigenvalue weighted by Crippen LogP contribution is -2.36. The highest BCUT2D eigenvalue weighted by atomic mass is 32.2. The number of aryl methyl sites for hydroxylation is 1. The third-order valence-electron chi connectivity index (χ3n) is 5.36. The number of sulfonamides is 1. The number of fused-ring (bicyclic) bond motifs is 1. The Balaban J connectivity index is 1.91. The highest BCUT2D eigenvalue weighted by Gasteiger charge is 2.24. The van der Waals surface area contributed by atoms with Crippen molar-refractivity contribution in [2.24, 2.45) is 4.99 Å². The Morgan fingerprint density at radius 3 is 2.26 bits per heavy atom. The van der Waals surface area contributed by atoms with E-state index in [1.807, 2.05) is 22.8 Å². The van der Waals surface area contributed by atoms with E-state index in [9.17, 15) is 13.2 Å². The zero-order chi connectivity index (χ0) is 25.4. The molecule has 0 unspecified atom stereocenters. The Morgan fingerprint density at radius 2 is 1.69 bits per heavy atom. The predicted octanol–water partition coefficient (Wildman–Crippen LogP) is 3.15. The van der Waals surface area contributed by atoms with E-state index in [4.69, 9.17) is 14.2 Å². The van der Waals surface area contributed by atoms with Gasteiger partial charge < -0.3 is 18.8 Å². The average molecular weight is 522 g/mol. The van der Waals surface area contributed by atoms with Gasteiger partial charge in [-0.1, -0.05) is 18.3 Å². The fraction of sp³-hybridized carbons (Fsp3) is 0.417. The van der Waals surface area contributed by atoms with Gasteiger partial charge in [-0.25, -0.2) is 8.42 Å². The number of carbonyl (C=O) groups is 1. The molecule has 2 aromatic carbocycles. The third-order valence-corrected chi connectivity index (χ3v) is 8.32. The number of amides is 1. The molecule has 35 heavy (non-hydrogen) atoms. The highest BCUT2D eigenvalue weighted by molar-refractivity contribution is 7.89. The molecule has 9 nitrogen and oxygen atoms in total. The third kappa shape index (κ3) is 6.36. The maximum absolute atomic E-state index is 13.1. The summed E-state index contributed by atoms with van der Waals surface area (Å²) in [6.45, 7) is 3.70. The second kappa shape index (κ2) is 12.4. The van der Waals surface area contributed by atoms with Crippen LogP contribution in [0.25, 0.3) is 10.2 Å². The second-order valence-corrected chi connectivity index (χ2v) is 10.6. The predicted molar refractivity (Wildman–Crippen MR) is 136 cm³/mol. The molecule has 0 atom stereocenters. The molecule has 1 aromatic heterocycles. The monoisotopic (exact) mass is 521 g/mol. The molecule has 0 aliphatic carbocycles. The average Bonchev–Trinajstić information content (AvgIpc) is 3.20. The maximum Gasteiger partial charge on any atom is 0.279 e. The van der Waals surface area contributed by atoms with Crippen molar-refractivity contribution >= 4 is 37.5 Å². The van der Waals surface area contributed by atoms with Crippen LogP contribution in [0.4, 0.5) is 0 Å². The van der Waals surface area contributed by atoms with E-state index in [1.165, 1.54) is 54.1 Å². The number of methoxy groups -OCH3 is 3. The number of thiazole rings is 1. The summed E-state index contributed by atoms with van der Waals surface area (Å²) in [5, 5.41) is 0. The van der Waals surface area contributed by atoms with E-state index in [0.29, 0.717) is 16.9 Å². The number of ether oxygens (including phenoxy) is 3. The van der Waals surface area contributed by atoms with Gasteiger partial charge in [0.15, 0.2) is 4.80 Å². The SMILES string of the molecule is CCCn1c(=NC(=O)c2ccc(S(=O)(=O)N(CCOC)CCOC)cc2)sc2cc(OC)ccc21. The number of nitrogens with zero attached hydrogens (tertiary/aromatic N) is 3. The van der Waals surface area contributed by atoms with E-state index in [2.05, 4.69) is 11.9 Å². The largest absolute Gasteiger partial charge is 0.497 e. The molecular formula is C24H31N3O6S2. The Hall–Kier alpha value is -2.57. The molecule has 1 amide bonds. The Labute approximate surface area is 209 Å². The number of carbonyl (C=O) groups excluding carboxylic acids is 1. The lowest BCUT2D eigenvalue weighted by Gasteiger charge is -2.21. The smallest absolute Gasteiger partial charge is 0.279 e. The van der Waals surface area contributed by atoms with Gasteiger partial charge >= 0.3 is 0 Å². The van der Waals surface area contributed by atoms with Gasteiger partial charge in [0.25, 0.3) is 5.91 Å². The van der Waals surface area contributed by atoms with Gasteiger partial charge in [0.1, 0.15) is 5.75 Å². The summed E-state index contributed by atoms with van der Waals surface area (Å²) < 4.78 is 45.8. The molecule has 0 bridgehead atoms. The first-order valence-electron chi connectivity index (χ1n) is 11.2. The molecule has 0 N–H and O–H groups in total. The van der Waals surface area contributed by atoms with Crippen LogP contribution in [0.2, 0.25) is 0 Å². The van der Waals surface area contributed by atoms with Gasteiger partial charge in [-0.2, -0.15) is 9.30 Å². The van der Waals surface area contributed by atoms with E-state index in [1.54, 1.807) is 7.11 Å². The molecule has 3 aromatic rings. The van der Waals surface area contributed by atoms with Gasteiger partial charge in [-0.15, -0.1) is 0 Å². The van der Waals surface area contributed by atoms with Crippen LogP contribution >= 0.6 is 11.3 Å². The van der Waals surface area contributed by atoms with Crippen LogP contribution in [0.5, 0.6) is 5.75 Å². The van der Waals surface area contributed by atoms with Crippen LogP contribution < -0.4 is 9.54 Å². The van der Waals surface area contributed by atoms with Crippen molar-refractivity contribution in [2.45, 2.75) is 24.8 Å². The number of hydrogen-bond acceptors (Lipinski definition) is 7. The Bertz CT molecular complexity index is 1310. The summed E-state index contributed by atoms with van der Waals surface area (Å²) in [7, 11) is 0.878. The van der Waals surface area contributed by atoms with Crippen LogP contribution in [-0.4, -0.2) is 70.8 Å². The van der Waals surface area contributed by atoms with Crippen LogP contribution in [-0.2, 0) is 26.0 Å². The van der Waals surface area contributed by atoms with E-state index < -0.39 is 15.9 Å². The van der Waals surface area contributed by atoms with Crippen molar-refractivity contribution < 1.29 is 27.4 Å². The normalized spacial score (nSPS) is 12.5. The summed E-state index contributed by atoms with van der Waals surface area (Å²) in [6.07, 6.45) is 0.883. The summed E-state index contributed by atoms with van der Waals surface area (Å²) in [5.74, 6) is 0.301. The molecule has 1 heterocycles. The molecule has 0 aliphatic heterocycles. The lowest BCUT2D eigenvalue weighted by atomic mass is 10.2.